The largest absolute Gasteiger partial charge is 0.573 e. The topological polar surface area (TPSA) is 87.7 Å². The fraction of sp³-hybridized carbons (Fsp3) is 0.357. The number of hydrogen-bond donors (Lipinski definition) is 1. The Morgan fingerprint density at radius 2 is 1.82 bits per heavy atom. The van der Waals surface area contributed by atoms with Crippen LogP contribution in [0.25, 0.3) is 17.0 Å². The van der Waals surface area contributed by atoms with Gasteiger partial charge in [0, 0.05) is 49.2 Å². The van der Waals surface area contributed by atoms with Crippen LogP contribution in [-0.4, -0.2) is 58.7 Å². The van der Waals surface area contributed by atoms with Crippen LogP contribution in [0.1, 0.15) is 36.9 Å². The average Bonchev–Trinajstić information content (AvgIpc) is 3.33. The molecular weight excluding hydrogens is 511 g/mol. The fourth-order valence-electron chi connectivity index (χ4n) is 5.05. The van der Waals surface area contributed by atoms with Crippen molar-refractivity contribution in [2.75, 3.05) is 29.9 Å². The number of hydrogen-bond acceptors (Lipinski definition) is 6. The van der Waals surface area contributed by atoms with Crippen molar-refractivity contribution in [1.82, 2.24) is 14.9 Å². The van der Waals surface area contributed by atoms with Crippen LogP contribution in [0, 0.1) is 6.92 Å². The Balaban J connectivity index is 1.20. The molecule has 0 aliphatic carbocycles. The van der Waals surface area contributed by atoms with Gasteiger partial charge in [-0.05, 0) is 68.2 Å². The highest BCUT2D eigenvalue weighted by atomic mass is 19.4. The lowest BCUT2D eigenvalue weighted by atomic mass is 10.0. The molecule has 204 valence electrons. The van der Waals surface area contributed by atoms with Crippen LogP contribution in [0.5, 0.6) is 5.75 Å². The van der Waals surface area contributed by atoms with E-state index in [1.54, 1.807) is 6.07 Å². The number of likely N-dealkylation sites (tertiary alicyclic amines) is 1. The number of piperidine rings is 1. The first-order valence-electron chi connectivity index (χ1n) is 12.8. The number of anilines is 2. The molecule has 2 aromatic carbocycles. The van der Waals surface area contributed by atoms with Gasteiger partial charge in [0.1, 0.15) is 5.75 Å². The number of rotatable bonds is 6. The van der Waals surface area contributed by atoms with Gasteiger partial charge in [-0.25, -0.2) is 9.97 Å². The summed E-state index contributed by atoms with van der Waals surface area (Å²) in [4.78, 5) is 38.2. The standard InChI is InChI=1S/C28H28F3N5O3/c1-18-23-17-20(33-25(37)11-6-19-4-8-22(9-5-19)39-28(29,30)31)7-10-24(23)34-27(32-18)35-15-12-21(13-16-35)36-14-2-3-26(36)38/h4-11,17,21H,2-3,12-16H2,1H3,(H,33,37)/b11-6+. The fourth-order valence-corrected chi connectivity index (χ4v) is 5.05. The Kier molecular flexibility index (Phi) is 7.40. The van der Waals surface area contributed by atoms with Gasteiger partial charge in [-0.2, -0.15) is 0 Å². The van der Waals surface area contributed by atoms with Crippen LogP contribution in [0.2, 0.25) is 0 Å². The number of amides is 2. The summed E-state index contributed by atoms with van der Waals surface area (Å²) in [6.07, 6.45) is 1.45. The van der Waals surface area contributed by atoms with Gasteiger partial charge in [0.15, 0.2) is 0 Å². The minimum atomic E-state index is -4.75. The number of carbonyl (C=O) groups excluding carboxylic acids is 2. The molecule has 8 nitrogen and oxygen atoms in total. The smallest absolute Gasteiger partial charge is 0.406 e. The molecule has 39 heavy (non-hydrogen) atoms. The van der Waals surface area contributed by atoms with E-state index in [0.717, 1.165) is 55.5 Å². The summed E-state index contributed by atoms with van der Waals surface area (Å²) in [6.45, 7) is 4.34. The average molecular weight is 540 g/mol. The second-order valence-electron chi connectivity index (χ2n) is 9.69. The second-order valence-corrected chi connectivity index (χ2v) is 9.69. The van der Waals surface area contributed by atoms with E-state index in [0.29, 0.717) is 29.7 Å². The third-order valence-corrected chi connectivity index (χ3v) is 6.98. The second kappa shape index (κ2) is 10.9. The van der Waals surface area contributed by atoms with Crippen molar-refractivity contribution in [3.8, 4) is 5.75 Å². The summed E-state index contributed by atoms with van der Waals surface area (Å²) >= 11 is 0. The zero-order valence-corrected chi connectivity index (χ0v) is 21.4. The number of aryl methyl sites for hydroxylation is 1. The first-order chi connectivity index (χ1) is 18.6. The highest BCUT2D eigenvalue weighted by molar-refractivity contribution is 6.03. The Morgan fingerprint density at radius 1 is 1.08 bits per heavy atom. The van der Waals surface area contributed by atoms with Crippen molar-refractivity contribution in [1.29, 1.82) is 0 Å². The number of aromatic nitrogens is 2. The zero-order chi connectivity index (χ0) is 27.6. The SMILES string of the molecule is Cc1nc(N2CCC(N3CCCC3=O)CC2)nc2ccc(NC(=O)/C=C/c3ccc(OC(F)(F)F)cc3)cc12. The molecule has 0 atom stereocenters. The van der Waals surface area contributed by atoms with Crippen LogP contribution in [0.4, 0.5) is 24.8 Å². The van der Waals surface area contributed by atoms with Gasteiger partial charge in [0.25, 0.3) is 0 Å². The molecule has 3 aromatic rings. The molecule has 0 spiro atoms. The molecular formula is C28H28F3N5O3. The minimum Gasteiger partial charge on any atom is -0.406 e. The molecule has 2 fully saturated rings. The third-order valence-electron chi connectivity index (χ3n) is 6.98. The molecule has 2 saturated heterocycles. The van der Waals surface area contributed by atoms with E-state index in [4.69, 9.17) is 9.97 Å². The highest BCUT2D eigenvalue weighted by Gasteiger charge is 2.32. The van der Waals surface area contributed by atoms with Crippen molar-refractivity contribution in [2.45, 2.75) is 45.0 Å². The molecule has 11 heteroatoms. The predicted octanol–water partition coefficient (Wildman–Crippen LogP) is 5.08. The van der Waals surface area contributed by atoms with Crippen molar-refractivity contribution in [3.05, 3.63) is 59.8 Å². The lowest BCUT2D eigenvalue weighted by Crippen LogP contribution is -2.45. The molecule has 0 radical (unpaired) electrons. The summed E-state index contributed by atoms with van der Waals surface area (Å²) < 4.78 is 40.7. The highest BCUT2D eigenvalue weighted by Crippen LogP contribution is 2.27. The van der Waals surface area contributed by atoms with Crippen molar-refractivity contribution >= 4 is 40.4 Å². The van der Waals surface area contributed by atoms with Crippen LogP contribution < -0.4 is 15.0 Å². The van der Waals surface area contributed by atoms with Crippen LogP contribution >= 0.6 is 0 Å². The molecule has 1 aromatic heterocycles. The van der Waals surface area contributed by atoms with E-state index in [-0.39, 0.29) is 17.6 Å². The van der Waals surface area contributed by atoms with E-state index < -0.39 is 6.36 Å². The zero-order valence-electron chi connectivity index (χ0n) is 21.4. The molecule has 2 aliphatic heterocycles. The third kappa shape index (κ3) is 6.47. The Bertz CT molecular complexity index is 1400. The van der Waals surface area contributed by atoms with Crippen LogP contribution in [0.3, 0.4) is 0 Å². The summed E-state index contributed by atoms with van der Waals surface area (Å²) in [5.41, 5.74) is 2.68. The van der Waals surface area contributed by atoms with Crippen molar-refractivity contribution < 1.29 is 27.5 Å². The molecule has 0 bridgehead atoms. The predicted molar refractivity (Wildman–Crippen MR) is 141 cm³/mol. The number of carbonyl (C=O) groups is 2. The minimum absolute atomic E-state index is 0.262. The number of fused-ring (bicyclic) bond motifs is 1. The van der Waals surface area contributed by atoms with Crippen molar-refractivity contribution in [2.24, 2.45) is 0 Å². The maximum Gasteiger partial charge on any atom is 0.573 e. The number of ether oxygens (including phenoxy) is 1. The molecule has 3 heterocycles. The number of halogens is 3. The van der Waals surface area contributed by atoms with Crippen LogP contribution in [0.15, 0.2) is 48.5 Å². The molecule has 2 aliphatic rings. The normalized spacial score (nSPS) is 16.9. The Morgan fingerprint density at radius 3 is 2.49 bits per heavy atom. The van der Waals surface area contributed by atoms with Gasteiger partial charge < -0.3 is 19.9 Å². The lowest BCUT2D eigenvalue weighted by molar-refractivity contribution is -0.274. The van der Waals surface area contributed by atoms with E-state index in [1.807, 2.05) is 24.0 Å². The molecule has 5 rings (SSSR count). The van der Waals surface area contributed by atoms with E-state index in [9.17, 15) is 22.8 Å². The summed E-state index contributed by atoms with van der Waals surface area (Å²) in [5, 5.41) is 3.61. The van der Waals surface area contributed by atoms with Gasteiger partial charge in [0.2, 0.25) is 17.8 Å². The number of nitrogens with zero attached hydrogens (tertiary/aromatic N) is 4. The summed E-state index contributed by atoms with van der Waals surface area (Å²) in [7, 11) is 0. The maximum absolute atomic E-state index is 12.4. The van der Waals surface area contributed by atoms with E-state index in [1.165, 1.54) is 36.4 Å². The quantitative estimate of drug-likeness (QED) is 0.440. The molecule has 0 saturated carbocycles. The first kappa shape index (κ1) is 26.5. The molecule has 1 N–H and O–H groups in total. The van der Waals surface area contributed by atoms with Gasteiger partial charge in [-0.1, -0.05) is 12.1 Å². The Hall–Kier alpha value is -4.15. The monoisotopic (exact) mass is 539 g/mol. The Labute approximate surface area is 223 Å². The van der Waals surface area contributed by atoms with Crippen molar-refractivity contribution in [3.63, 3.8) is 0 Å². The van der Waals surface area contributed by atoms with Gasteiger partial charge in [0.05, 0.1) is 11.2 Å². The molecule has 2 amide bonds. The summed E-state index contributed by atoms with van der Waals surface area (Å²) in [6, 6.07) is 10.9. The lowest BCUT2D eigenvalue weighted by Gasteiger charge is -2.36. The van der Waals surface area contributed by atoms with E-state index >= 15 is 0 Å². The number of benzene rings is 2. The van der Waals surface area contributed by atoms with E-state index in [2.05, 4.69) is 15.0 Å². The maximum atomic E-state index is 12.4. The van der Waals surface area contributed by atoms with Gasteiger partial charge >= 0.3 is 6.36 Å². The summed E-state index contributed by atoms with van der Waals surface area (Å²) in [5.74, 6) is 0.208. The molecule has 0 unspecified atom stereocenters. The number of nitrogens with one attached hydrogen (secondary N) is 1. The van der Waals surface area contributed by atoms with Gasteiger partial charge in [-0.3, -0.25) is 9.59 Å². The first-order valence-corrected chi connectivity index (χ1v) is 12.8. The van der Waals surface area contributed by atoms with Gasteiger partial charge in [-0.15, -0.1) is 13.2 Å². The van der Waals surface area contributed by atoms with Crippen LogP contribution in [-0.2, 0) is 9.59 Å². The number of alkyl halides is 3.